The number of carbonyl (C=O) groups is 2. The summed E-state index contributed by atoms with van der Waals surface area (Å²) in [5.41, 5.74) is 19.2. The van der Waals surface area contributed by atoms with Gasteiger partial charge in [-0.15, -0.1) is 13.2 Å². The van der Waals surface area contributed by atoms with E-state index in [4.69, 9.17) is 16.7 Å². The number of halogens is 3. The number of alkyl halides is 3. The van der Waals surface area contributed by atoms with Gasteiger partial charge in [-0.05, 0) is 121 Å². The lowest BCUT2D eigenvalue weighted by atomic mass is 9.87. The van der Waals surface area contributed by atoms with Crippen molar-refractivity contribution < 1.29 is 27.5 Å². The second-order valence-electron chi connectivity index (χ2n) is 11.6. The van der Waals surface area contributed by atoms with Crippen LogP contribution in [0.2, 0.25) is 0 Å². The third-order valence-electron chi connectivity index (χ3n) is 8.07. The minimum atomic E-state index is -4.78. The topological polar surface area (TPSA) is 143 Å². The molecule has 4 aromatic rings. The van der Waals surface area contributed by atoms with Crippen LogP contribution in [0.15, 0.2) is 84.9 Å². The maximum atomic E-state index is 12.4. The molecule has 2 atom stereocenters. The zero-order chi connectivity index (χ0) is 33.6. The van der Waals surface area contributed by atoms with E-state index in [9.17, 15) is 22.8 Å². The highest BCUT2D eigenvalue weighted by Gasteiger charge is 2.31. The standard InChI is InChI=1S/C18H17F3N2O2.C18H17N3O/c19-18(20,21)25-16-3-1-2-15(10-16)23-17(24)13-5-4-12-9-14(22)7-6-11(12)8-13;19-11-12-1-7-17(8-2-12)21-18(22)15-4-3-14-10-16(20)6-5-13(14)9-15/h1-5,8,10,14H,6-7,9,22H2,(H,23,24);1-4,7-9,16H,5-6,10,20H2,(H,21,22)/t14-;/m1./s1. The Labute approximate surface area is 270 Å². The zero-order valence-corrected chi connectivity index (χ0v) is 25.4. The summed E-state index contributed by atoms with van der Waals surface area (Å²) < 4.78 is 40.7. The van der Waals surface area contributed by atoms with Gasteiger partial charge >= 0.3 is 6.36 Å². The summed E-state index contributed by atoms with van der Waals surface area (Å²) in [5.74, 6) is -0.908. The quantitative estimate of drug-likeness (QED) is 0.202. The Kier molecular flexibility index (Phi) is 10.2. The number of ether oxygens (including phenoxy) is 1. The molecular formula is C36H34F3N5O3. The minimum Gasteiger partial charge on any atom is -0.406 e. The van der Waals surface area contributed by atoms with Gasteiger partial charge in [0.25, 0.3) is 11.8 Å². The van der Waals surface area contributed by atoms with E-state index in [0.29, 0.717) is 22.4 Å². The van der Waals surface area contributed by atoms with E-state index in [1.54, 1.807) is 30.3 Å². The highest BCUT2D eigenvalue weighted by molar-refractivity contribution is 6.05. The lowest BCUT2D eigenvalue weighted by Crippen LogP contribution is -2.28. The number of hydrogen-bond acceptors (Lipinski definition) is 6. The van der Waals surface area contributed by atoms with Crippen LogP contribution in [0.25, 0.3) is 0 Å². The molecular weight excluding hydrogens is 607 g/mol. The molecule has 0 spiro atoms. The summed E-state index contributed by atoms with van der Waals surface area (Å²) in [5, 5.41) is 14.2. The van der Waals surface area contributed by atoms with Crippen molar-refractivity contribution in [3.63, 3.8) is 0 Å². The van der Waals surface area contributed by atoms with E-state index in [1.165, 1.54) is 29.3 Å². The maximum absolute atomic E-state index is 12.4. The number of nitrogens with one attached hydrogen (secondary N) is 2. The number of amides is 2. The van der Waals surface area contributed by atoms with E-state index < -0.39 is 6.36 Å². The first-order valence-corrected chi connectivity index (χ1v) is 15.2. The number of nitrogens with zero attached hydrogens (tertiary/aromatic N) is 1. The molecule has 4 aromatic carbocycles. The van der Waals surface area contributed by atoms with Crippen LogP contribution in [0.5, 0.6) is 5.75 Å². The van der Waals surface area contributed by atoms with Gasteiger partial charge in [0, 0.05) is 40.7 Å². The van der Waals surface area contributed by atoms with Crippen molar-refractivity contribution in [2.24, 2.45) is 11.5 Å². The summed E-state index contributed by atoms with van der Waals surface area (Å²) in [6, 6.07) is 25.6. The molecule has 0 aliphatic heterocycles. The number of benzene rings is 4. The van der Waals surface area contributed by atoms with E-state index >= 15 is 0 Å². The van der Waals surface area contributed by atoms with Crippen molar-refractivity contribution in [3.8, 4) is 11.8 Å². The Morgan fingerprint density at radius 3 is 1.77 bits per heavy atom. The molecule has 0 aromatic heterocycles. The van der Waals surface area contributed by atoms with Crippen molar-refractivity contribution in [2.75, 3.05) is 10.6 Å². The fourth-order valence-electron chi connectivity index (χ4n) is 5.65. The van der Waals surface area contributed by atoms with Gasteiger partial charge in [0.05, 0.1) is 11.6 Å². The van der Waals surface area contributed by atoms with Crippen LogP contribution in [0.4, 0.5) is 24.5 Å². The predicted octanol–water partition coefficient (Wildman–Crippen LogP) is 6.28. The monoisotopic (exact) mass is 641 g/mol. The molecule has 0 heterocycles. The van der Waals surface area contributed by atoms with Gasteiger partial charge in [-0.3, -0.25) is 9.59 Å². The number of hydrogen-bond donors (Lipinski definition) is 4. The van der Waals surface area contributed by atoms with Crippen molar-refractivity contribution >= 4 is 23.2 Å². The third kappa shape index (κ3) is 9.19. The first-order chi connectivity index (χ1) is 22.5. The molecule has 11 heteroatoms. The molecule has 0 bridgehead atoms. The molecule has 0 saturated heterocycles. The Hall–Kier alpha value is -5.18. The summed E-state index contributed by atoms with van der Waals surface area (Å²) >= 11 is 0. The number of carbonyl (C=O) groups excluding carboxylic acids is 2. The highest BCUT2D eigenvalue weighted by Crippen LogP contribution is 2.27. The summed E-state index contributed by atoms with van der Waals surface area (Å²) in [6.07, 6.45) is 0.465. The second-order valence-corrected chi connectivity index (χ2v) is 11.6. The summed E-state index contributed by atoms with van der Waals surface area (Å²) in [6.45, 7) is 0. The smallest absolute Gasteiger partial charge is 0.406 e. The number of aryl methyl sites for hydroxylation is 2. The Morgan fingerprint density at radius 1 is 0.723 bits per heavy atom. The van der Waals surface area contributed by atoms with Gasteiger partial charge in [-0.2, -0.15) is 5.26 Å². The average molecular weight is 642 g/mol. The van der Waals surface area contributed by atoms with Crippen LogP contribution >= 0.6 is 0 Å². The number of anilines is 2. The molecule has 1 unspecified atom stereocenters. The predicted molar refractivity (Wildman–Crippen MR) is 173 cm³/mol. The zero-order valence-electron chi connectivity index (χ0n) is 25.4. The van der Waals surface area contributed by atoms with Gasteiger partial charge in [-0.25, -0.2) is 0 Å². The molecule has 0 saturated carbocycles. The highest BCUT2D eigenvalue weighted by atomic mass is 19.4. The molecule has 2 aliphatic carbocycles. The van der Waals surface area contributed by atoms with E-state index in [1.807, 2.05) is 30.3 Å². The van der Waals surface area contributed by atoms with Crippen LogP contribution in [-0.2, 0) is 25.7 Å². The van der Waals surface area contributed by atoms with Crippen LogP contribution in [0.1, 0.15) is 61.4 Å². The van der Waals surface area contributed by atoms with E-state index in [-0.39, 0.29) is 35.3 Å². The first kappa shape index (κ1) is 33.2. The first-order valence-electron chi connectivity index (χ1n) is 15.2. The largest absolute Gasteiger partial charge is 0.573 e. The molecule has 47 heavy (non-hydrogen) atoms. The SMILES string of the molecule is N#Cc1ccc(NC(=O)c2ccc3c(c2)CCC(N)C3)cc1.N[C@@H]1CCc2cc(C(=O)Nc3cccc(OC(F)(F)F)c3)ccc2C1. The number of nitriles is 1. The number of fused-ring (bicyclic) bond motifs is 2. The fourth-order valence-corrected chi connectivity index (χ4v) is 5.65. The normalized spacial score (nSPS) is 16.7. The molecule has 6 rings (SSSR count). The van der Waals surface area contributed by atoms with E-state index in [0.717, 1.165) is 55.7 Å². The van der Waals surface area contributed by atoms with Crippen LogP contribution < -0.4 is 26.8 Å². The molecule has 2 aliphatic rings. The van der Waals surface area contributed by atoms with Crippen LogP contribution in [0.3, 0.4) is 0 Å². The van der Waals surface area contributed by atoms with Crippen LogP contribution in [-0.4, -0.2) is 30.3 Å². The third-order valence-corrected chi connectivity index (χ3v) is 8.07. The van der Waals surface area contributed by atoms with Crippen molar-refractivity contribution in [1.29, 1.82) is 5.26 Å². The van der Waals surface area contributed by atoms with Crippen molar-refractivity contribution in [3.05, 3.63) is 124 Å². The van der Waals surface area contributed by atoms with Gasteiger partial charge in [0.1, 0.15) is 5.75 Å². The summed E-state index contributed by atoms with van der Waals surface area (Å²) in [7, 11) is 0. The van der Waals surface area contributed by atoms with Gasteiger partial charge in [0.2, 0.25) is 0 Å². The lowest BCUT2D eigenvalue weighted by molar-refractivity contribution is -0.274. The maximum Gasteiger partial charge on any atom is 0.573 e. The second kappa shape index (κ2) is 14.5. The molecule has 6 N–H and O–H groups in total. The summed E-state index contributed by atoms with van der Waals surface area (Å²) in [4.78, 5) is 24.7. The average Bonchev–Trinajstić information content (AvgIpc) is 3.04. The molecule has 8 nitrogen and oxygen atoms in total. The van der Waals surface area contributed by atoms with Gasteiger partial charge < -0.3 is 26.8 Å². The van der Waals surface area contributed by atoms with E-state index in [2.05, 4.69) is 21.4 Å². The van der Waals surface area contributed by atoms with Gasteiger partial charge in [0.15, 0.2) is 0 Å². The lowest BCUT2D eigenvalue weighted by Gasteiger charge is -2.21. The molecule has 242 valence electrons. The number of nitrogens with two attached hydrogens (primary N) is 2. The molecule has 0 radical (unpaired) electrons. The Morgan fingerprint density at radius 2 is 1.26 bits per heavy atom. The fraction of sp³-hybridized carbons (Fsp3) is 0.250. The van der Waals surface area contributed by atoms with Crippen LogP contribution in [0, 0.1) is 11.3 Å². The van der Waals surface area contributed by atoms with Crippen molar-refractivity contribution in [1.82, 2.24) is 0 Å². The Bertz CT molecular complexity index is 1800. The van der Waals surface area contributed by atoms with Gasteiger partial charge in [-0.1, -0.05) is 18.2 Å². The number of rotatable bonds is 5. The Balaban J connectivity index is 0.000000186. The van der Waals surface area contributed by atoms with Crippen molar-refractivity contribution in [2.45, 2.75) is 57.0 Å². The molecule has 2 amide bonds. The minimum absolute atomic E-state index is 0.137. The molecule has 0 fully saturated rings.